The number of Topliss-reactive ketones (excluding diaryl/α,β-unsaturated/α-hetero) is 1. The van der Waals surface area contributed by atoms with Crippen molar-refractivity contribution >= 4 is 29.3 Å². The maximum Gasteiger partial charge on any atom is 0.339 e. The van der Waals surface area contributed by atoms with E-state index in [4.69, 9.17) is 16.7 Å². The summed E-state index contributed by atoms with van der Waals surface area (Å²) in [6.07, 6.45) is 0. The van der Waals surface area contributed by atoms with E-state index >= 15 is 0 Å². The molecular formula is C11H13ClN2O4. The Hall–Kier alpha value is -1.82. The summed E-state index contributed by atoms with van der Waals surface area (Å²) < 4.78 is 1.21. The Morgan fingerprint density at radius 3 is 2.33 bits per heavy atom. The molecule has 1 rings (SSSR count). The number of likely N-dealkylation sites (N-methyl/N-ethyl adjacent to an activating group) is 1. The van der Waals surface area contributed by atoms with Gasteiger partial charge in [-0.25, -0.2) is 4.79 Å². The molecule has 0 aliphatic carbocycles. The van der Waals surface area contributed by atoms with Crippen LogP contribution in [0.2, 0.25) is 5.15 Å². The van der Waals surface area contributed by atoms with Crippen LogP contribution in [0.5, 0.6) is 0 Å². The monoisotopic (exact) mass is 272 g/mol. The number of carboxylic acid groups (broad SMARTS) is 1. The number of ketones is 1. The number of hydrogen-bond acceptors (Lipinski definition) is 3. The minimum atomic E-state index is -1.23. The zero-order valence-electron chi connectivity index (χ0n) is 10.2. The summed E-state index contributed by atoms with van der Waals surface area (Å²) in [5.74, 6) is -2.82. The molecule has 7 heteroatoms. The van der Waals surface area contributed by atoms with Gasteiger partial charge < -0.3 is 15.0 Å². The molecule has 0 aromatic carbocycles. The molecule has 0 aliphatic heterocycles. The molecule has 0 saturated carbocycles. The first-order chi connectivity index (χ1) is 8.32. The molecule has 2 N–H and O–H groups in total. The normalized spacial score (nSPS) is 10.2. The third kappa shape index (κ3) is 2.24. The summed E-state index contributed by atoms with van der Waals surface area (Å²) in [5, 5.41) is 11.3. The van der Waals surface area contributed by atoms with Gasteiger partial charge >= 0.3 is 5.97 Å². The fourth-order valence-electron chi connectivity index (χ4n) is 1.71. The highest BCUT2D eigenvalue weighted by molar-refractivity contribution is 6.43. The predicted molar refractivity (Wildman–Crippen MR) is 65.1 cm³/mol. The average molecular weight is 273 g/mol. The second-order valence-corrected chi connectivity index (χ2v) is 4.05. The van der Waals surface area contributed by atoms with Crippen LogP contribution in [0.3, 0.4) is 0 Å². The Labute approximate surface area is 109 Å². The Bertz CT molecular complexity index is 534. The highest BCUT2D eigenvalue weighted by atomic mass is 35.5. The van der Waals surface area contributed by atoms with Gasteiger partial charge in [-0.05, 0) is 19.4 Å². The number of nitrogens with one attached hydrogen (secondary N) is 1. The Morgan fingerprint density at radius 1 is 1.39 bits per heavy atom. The van der Waals surface area contributed by atoms with Gasteiger partial charge in [-0.3, -0.25) is 9.59 Å². The van der Waals surface area contributed by atoms with E-state index in [1.807, 2.05) is 0 Å². The molecule has 98 valence electrons. The lowest BCUT2D eigenvalue weighted by Gasteiger charge is -2.04. The van der Waals surface area contributed by atoms with Crippen molar-refractivity contribution in [1.82, 2.24) is 9.88 Å². The first kappa shape index (κ1) is 14.2. The van der Waals surface area contributed by atoms with E-state index in [0.717, 1.165) is 0 Å². The molecule has 0 atom stereocenters. The van der Waals surface area contributed by atoms with E-state index in [1.165, 1.54) is 18.5 Å². The first-order valence-electron chi connectivity index (χ1n) is 5.23. The van der Waals surface area contributed by atoms with E-state index < -0.39 is 17.7 Å². The van der Waals surface area contributed by atoms with Crippen LogP contribution >= 0.6 is 11.6 Å². The summed E-state index contributed by atoms with van der Waals surface area (Å²) >= 11 is 5.84. The van der Waals surface area contributed by atoms with Gasteiger partial charge in [0.1, 0.15) is 10.7 Å². The van der Waals surface area contributed by atoms with E-state index in [2.05, 4.69) is 5.32 Å². The first-order valence-corrected chi connectivity index (χ1v) is 5.61. The molecule has 1 aromatic rings. The predicted octanol–water partition coefficient (Wildman–Crippen LogP) is 1.00. The molecule has 6 nitrogen and oxygen atoms in total. The third-order valence-corrected chi connectivity index (χ3v) is 2.98. The van der Waals surface area contributed by atoms with Crippen LogP contribution in [0, 0.1) is 6.92 Å². The van der Waals surface area contributed by atoms with Crippen molar-refractivity contribution in [3.63, 3.8) is 0 Å². The zero-order valence-corrected chi connectivity index (χ0v) is 11.0. The van der Waals surface area contributed by atoms with Gasteiger partial charge in [0.05, 0.1) is 5.69 Å². The number of nitrogens with zero attached hydrogens (tertiary/aromatic N) is 1. The molecule has 0 aliphatic rings. The number of aromatic nitrogens is 1. The van der Waals surface area contributed by atoms with Crippen molar-refractivity contribution in [2.75, 3.05) is 6.54 Å². The summed E-state index contributed by atoms with van der Waals surface area (Å²) in [5.41, 5.74) is 0.0152. The number of hydrogen-bond donors (Lipinski definition) is 2. The summed E-state index contributed by atoms with van der Waals surface area (Å²) in [7, 11) is 1.44. The number of carboxylic acids is 1. The lowest BCUT2D eigenvalue weighted by Crippen LogP contribution is -2.32. The molecule has 0 radical (unpaired) electrons. The van der Waals surface area contributed by atoms with Crippen molar-refractivity contribution in [3.8, 4) is 0 Å². The lowest BCUT2D eigenvalue weighted by atomic mass is 10.1. The van der Waals surface area contributed by atoms with Crippen molar-refractivity contribution < 1.29 is 19.5 Å². The van der Waals surface area contributed by atoms with Crippen LogP contribution in [-0.2, 0) is 11.8 Å². The SMILES string of the molecule is CCNC(=O)C(=O)c1c(C)c(C(=O)O)c(Cl)n1C. The summed E-state index contributed by atoms with van der Waals surface area (Å²) in [6.45, 7) is 3.44. The standard InChI is InChI=1S/C11H13ClN2O4/c1-4-13-10(16)8(15)7-5(2)6(11(17)18)9(12)14(7)3/h4H2,1-3H3,(H,13,16)(H,17,18). The van der Waals surface area contributed by atoms with E-state index in [9.17, 15) is 14.4 Å². The van der Waals surface area contributed by atoms with Gasteiger partial charge in [-0.1, -0.05) is 11.6 Å². The molecule has 1 amide bonds. The van der Waals surface area contributed by atoms with Crippen LogP contribution in [-0.4, -0.2) is 33.9 Å². The average Bonchev–Trinajstić information content (AvgIpc) is 2.49. The highest BCUT2D eigenvalue weighted by Crippen LogP contribution is 2.26. The number of aromatic carboxylic acids is 1. The molecule has 18 heavy (non-hydrogen) atoms. The van der Waals surface area contributed by atoms with E-state index in [1.54, 1.807) is 6.92 Å². The Kier molecular flexibility index (Phi) is 4.13. The fourth-order valence-corrected chi connectivity index (χ4v) is 2.02. The minimum absolute atomic E-state index is 0.0108. The molecule has 1 heterocycles. The van der Waals surface area contributed by atoms with Crippen LogP contribution in [0.4, 0.5) is 0 Å². The number of halogens is 1. The van der Waals surface area contributed by atoms with Crippen molar-refractivity contribution in [2.45, 2.75) is 13.8 Å². The molecule has 0 saturated heterocycles. The van der Waals surface area contributed by atoms with Crippen molar-refractivity contribution in [3.05, 3.63) is 22.0 Å². The maximum atomic E-state index is 11.9. The largest absolute Gasteiger partial charge is 0.478 e. The Morgan fingerprint density at radius 2 is 1.94 bits per heavy atom. The zero-order chi connectivity index (χ0) is 14.0. The van der Waals surface area contributed by atoms with Gasteiger partial charge in [0.25, 0.3) is 11.7 Å². The van der Waals surface area contributed by atoms with Gasteiger partial charge in [0.15, 0.2) is 0 Å². The molecule has 0 unspecified atom stereocenters. The van der Waals surface area contributed by atoms with E-state index in [0.29, 0.717) is 6.54 Å². The minimum Gasteiger partial charge on any atom is -0.478 e. The van der Waals surface area contributed by atoms with Crippen molar-refractivity contribution in [1.29, 1.82) is 0 Å². The fraction of sp³-hybridized carbons (Fsp3) is 0.364. The topological polar surface area (TPSA) is 88.4 Å². The van der Waals surface area contributed by atoms with E-state index in [-0.39, 0.29) is 22.0 Å². The summed E-state index contributed by atoms with van der Waals surface area (Å²) in [6, 6.07) is 0. The maximum absolute atomic E-state index is 11.9. The number of rotatable bonds is 4. The number of amides is 1. The summed E-state index contributed by atoms with van der Waals surface area (Å²) in [4.78, 5) is 34.4. The van der Waals surface area contributed by atoms with Crippen LogP contribution in [0.15, 0.2) is 0 Å². The highest BCUT2D eigenvalue weighted by Gasteiger charge is 2.28. The van der Waals surface area contributed by atoms with Gasteiger partial charge in [-0.15, -0.1) is 0 Å². The smallest absolute Gasteiger partial charge is 0.339 e. The van der Waals surface area contributed by atoms with Crippen LogP contribution < -0.4 is 5.32 Å². The van der Waals surface area contributed by atoms with Crippen LogP contribution in [0.1, 0.15) is 33.3 Å². The molecule has 0 bridgehead atoms. The van der Waals surface area contributed by atoms with Gasteiger partial charge in [-0.2, -0.15) is 0 Å². The molecule has 0 spiro atoms. The van der Waals surface area contributed by atoms with Gasteiger partial charge in [0.2, 0.25) is 0 Å². The lowest BCUT2D eigenvalue weighted by molar-refractivity contribution is -0.116. The number of carbonyl (C=O) groups is 3. The third-order valence-electron chi connectivity index (χ3n) is 2.54. The second kappa shape index (κ2) is 5.22. The molecule has 0 fully saturated rings. The van der Waals surface area contributed by atoms with Crippen LogP contribution in [0.25, 0.3) is 0 Å². The van der Waals surface area contributed by atoms with Gasteiger partial charge in [0, 0.05) is 13.6 Å². The van der Waals surface area contributed by atoms with Crippen molar-refractivity contribution in [2.24, 2.45) is 7.05 Å². The Balaban J connectivity index is 3.35. The molecular weight excluding hydrogens is 260 g/mol. The number of carbonyl (C=O) groups excluding carboxylic acids is 2. The second-order valence-electron chi connectivity index (χ2n) is 3.69. The quantitative estimate of drug-likeness (QED) is 0.632. The molecule has 1 aromatic heterocycles.